The van der Waals surface area contributed by atoms with E-state index in [0.717, 1.165) is 22.4 Å². The van der Waals surface area contributed by atoms with E-state index in [2.05, 4.69) is 10.5 Å². The molecule has 1 N–H and O–H groups in total. The maximum Gasteiger partial charge on any atom is 0.270 e. The molecule has 0 bridgehead atoms. The number of hydrazone groups is 1. The van der Waals surface area contributed by atoms with Crippen molar-refractivity contribution in [3.05, 3.63) is 76.3 Å². The van der Waals surface area contributed by atoms with Crippen molar-refractivity contribution < 1.29 is 18.1 Å². The van der Waals surface area contributed by atoms with Crippen LogP contribution in [0.25, 0.3) is 10.8 Å². The summed E-state index contributed by atoms with van der Waals surface area (Å²) in [5.41, 5.74) is 3.41. The zero-order valence-corrected chi connectivity index (χ0v) is 17.3. The summed E-state index contributed by atoms with van der Waals surface area (Å²) < 4.78 is 32.7. The third-order valence-electron chi connectivity index (χ3n) is 4.94. The normalized spacial score (nSPS) is 15.4. The number of fused-ring (bicyclic) bond motifs is 1. The highest BCUT2D eigenvalue weighted by Crippen LogP contribution is 2.29. The van der Waals surface area contributed by atoms with Gasteiger partial charge in [-0.15, -0.1) is 0 Å². The van der Waals surface area contributed by atoms with Gasteiger partial charge in [-0.05, 0) is 28.5 Å². The fraction of sp³-hybridized carbons (Fsp3) is 0.190. The van der Waals surface area contributed by atoms with Gasteiger partial charge in [-0.3, -0.25) is 15.5 Å². The molecule has 0 atom stereocenters. The molecule has 0 spiro atoms. The molecule has 4 rings (SSSR count). The van der Waals surface area contributed by atoms with Gasteiger partial charge in [-0.1, -0.05) is 36.4 Å². The van der Waals surface area contributed by atoms with Gasteiger partial charge in [0.05, 0.1) is 30.0 Å². The van der Waals surface area contributed by atoms with Crippen LogP contribution in [-0.2, 0) is 14.8 Å². The van der Waals surface area contributed by atoms with Gasteiger partial charge < -0.3 is 4.74 Å². The molecule has 0 aliphatic carbocycles. The largest absolute Gasteiger partial charge is 0.379 e. The minimum atomic E-state index is -3.96. The van der Waals surface area contributed by atoms with Gasteiger partial charge in [0.2, 0.25) is 10.0 Å². The fourth-order valence-electron chi connectivity index (χ4n) is 3.32. The number of nitro groups is 1. The highest BCUT2D eigenvalue weighted by atomic mass is 32.2. The summed E-state index contributed by atoms with van der Waals surface area (Å²) in [5, 5.41) is 17.5. The second-order valence-corrected chi connectivity index (χ2v) is 8.84. The molecule has 0 aromatic heterocycles. The van der Waals surface area contributed by atoms with Gasteiger partial charge in [0, 0.05) is 25.2 Å². The topological polar surface area (TPSA) is 114 Å². The third kappa shape index (κ3) is 4.55. The van der Waals surface area contributed by atoms with Crippen LogP contribution in [0.4, 0.5) is 11.4 Å². The number of morpholine rings is 1. The molecule has 0 unspecified atom stereocenters. The van der Waals surface area contributed by atoms with E-state index in [-0.39, 0.29) is 42.6 Å². The Balaban J connectivity index is 1.63. The quantitative estimate of drug-likeness (QED) is 0.358. The summed E-state index contributed by atoms with van der Waals surface area (Å²) in [5.74, 6) is 0. The minimum absolute atomic E-state index is 0.161. The van der Waals surface area contributed by atoms with E-state index in [0.29, 0.717) is 0 Å². The number of anilines is 1. The molecule has 1 fully saturated rings. The molecule has 31 heavy (non-hydrogen) atoms. The van der Waals surface area contributed by atoms with E-state index in [4.69, 9.17) is 4.74 Å². The first-order valence-electron chi connectivity index (χ1n) is 9.59. The number of benzene rings is 3. The van der Waals surface area contributed by atoms with E-state index in [1.807, 2.05) is 42.5 Å². The third-order valence-corrected chi connectivity index (χ3v) is 6.87. The highest BCUT2D eigenvalue weighted by molar-refractivity contribution is 7.89. The molecule has 3 aromatic carbocycles. The summed E-state index contributed by atoms with van der Waals surface area (Å²) in [7, 11) is -3.96. The molecule has 1 saturated heterocycles. The van der Waals surface area contributed by atoms with Crippen LogP contribution in [0.15, 0.2) is 70.7 Å². The minimum Gasteiger partial charge on any atom is -0.379 e. The molecule has 0 saturated carbocycles. The molecule has 0 radical (unpaired) electrons. The highest BCUT2D eigenvalue weighted by Gasteiger charge is 2.30. The van der Waals surface area contributed by atoms with Crippen LogP contribution in [0.5, 0.6) is 0 Å². The molecule has 3 aromatic rings. The lowest BCUT2D eigenvalue weighted by molar-refractivity contribution is -0.385. The summed E-state index contributed by atoms with van der Waals surface area (Å²) >= 11 is 0. The summed E-state index contributed by atoms with van der Waals surface area (Å²) in [6.45, 7) is 0.920. The van der Waals surface area contributed by atoms with E-state index >= 15 is 0 Å². The second kappa shape index (κ2) is 8.80. The van der Waals surface area contributed by atoms with Gasteiger partial charge in [0.1, 0.15) is 4.90 Å². The van der Waals surface area contributed by atoms with Crippen LogP contribution in [0.3, 0.4) is 0 Å². The first-order valence-corrected chi connectivity index (χ1v) is 11.0. The van der Waals surface area contributed by atoms with Crippen molar-refractivity contribution in [3.8, 4) is 0 Å². The maximum atomic E-state index is 13.1. The van der Waals surface area contributed by atoms with Crippen LogP contribution < -0.4 is 5.43 Å². The van der Waals surface area contributed by atoms with Crippen molar-refractivity contribution in [1.29, 1.82) is 0 Å². The molecule has 160 valence electrons. The number of hydrogen-bond donors (Lipinski definition) is 1. The Morgan fingerprint density at radius 2 is 1.77 bits per heavy atom. The van der Waals surface area contributed by atoms with Crippen molar-refractivity contribution in [2.24, 2.45) is 5.10 Å². The Kier molecular flexibility index (Phi) is 5.94. The number of ether oxygens (including phenoxy) is 1. The van der Waals surface area contributed by atoms with E-state index in [9.17, 15) is 18.5 Å². The summed E-state index contributed by atoms with van der Waals surface area (Å²) in [4.78, 5) is 10.4. The summed E-state index contributed by atoms with van der Waals surface area (Å²) in [6.07, 6.45) is 1.57. The van der Waals surface area contributed by atoms with Crippen molar-refractivity contribution >= 4 is 38.4 Å². The number of hydrogen-bond acceptors (Lipinski definition) is 7. The number of non-ortho nitro benzene ring substituents is 1. The lowest BCUT2D eigenvalue weighted by atomic mass is 10.1. The van der Waals surface area contributed by atoms with E-state index < -0.39 is 14.9 Å². The average Bonchev–Trinajstić information content (AvgIpc) is 2.79. The molecule has 1 aliphatic rings. The number of sulfonamides is 1. The Morgan fingerprint density at radius 3 is 2.52 bits per heavy atom. The number of rotatable bonds is 6. The van der Waals surface area contributed by atoms with Gasteiger partial charge in [0.15, 0.2) is 0 Å². The van der Waals surface area contributed by atoms with E-state index in [1.54, 1.807) is 6.21 Å². The lowest BCUT2D eigenvalue weighted by Gasteiger charge is -2.26. The zero-order valence-electron chi connectivity index (χ0n) is 16.5. The Morgan fingerprint density at radius 1 is 1.03 bits per heavy atom. The fourth-order valence-corrected chi connectivity index (χ4v) is 4.89. The predicted molar refractivity (Wildman–Crippen MR) is 118 cm³/mol. The lowest BCUT2D eigenvalue weighted by Crippen LogP contribution is -2.40. The molecule has 9 nitrogen and oxygen atoms in total. The Hall–Kier alpha value is -3.34. The number of nitrogens with zero attached hydrogens (tertiary/aromatic N) is 3. The van der Waals surface area contributed by atoms with Crippen molar-refractivity contribution in [2.45, 2.75) is 4.90 Å². The van der Waals surface area contributed by atoms with Crippen molar-refractivity contribution in [1.82, 2.24) is 4.31 Å². The van der Waals surface area contributed by atoms with Crippen molar-refractivity contribution in [3.63, 3.8) is 0 Å². The zero-order chi connectivity index (χ0) is 21.8. The van der Waals surface area contributed by atoms with Gasteiger partial charge in [-0.2, -0.15) is 9.41 Å². The Bertz CT molecular complexity index is 1250. The van der Waals surface area contributed by atoms with Crippen LogP contribution >= 0.6 is 0 Å². The smallest absolute Gasteiger partial charge is 0.270 e. The van der Waals surface area contributed by atoms with Crippen LogP contribution in [-0.4, -0.2) is 50.2 Å². The van der Waals surface area contributed by atoms with Crippen molar-refractivity contribution in [2.75, 3.05) is 31.7 Å². The molecular weight excluding hydrogens is 420 g/mol. The van der Waals surface area contributed by atoms with Gasteiger partial charge >= 0.3 is 0 Å². The van der Waals surface area contributed by atoms with Gasteiger partial charge in [-0.25, -0.2) is 8.42 Å². The van der Waals surface area contributed by atoms with Crippen LogP contribution in [0.2, 0.25) is 0 Å². The standard InChI is InChI=1S/C21H20N4O5S/c26-25(27)19-7-8-20(21(14-19)31(28,29)24-9-11-30-12-10-24)23-22-15-16-5-6-17-3-1-2-4-18(17)13-16/h1-8,13-15,23H,9-12H2/b22-15+. The maximum absolute atomic E-state index is 13.1. The second-order valence-electron chi connectivity index (χ2n) is 6.93. The molecule has 0 amide bonds. The summed E-state index contributed by atoms with van der Waals surface area (Å²) in [6, 6.07) is 17.4. The monoisotopic (exact) mass is 440 g/mol. The number of nitro benzene ring substituents is 1. The molecular formula is C21H20N4O5S. The molecule has 1 aliphatic heterocycles. The van der Waals surface area contributed by atoms with Crippen LogP contribution in [0, 0.1) is 10.1 Å². The predicted octanol–water partition coefficient (Wildman–Crippen LogP) is 3.21. The van der Waals surface area contributed by atoms with Crippen LogP contribution in [0.1, 0.15) is 5.56 Å². The Labute approximate surface area is 179 Å². The molecule has 1 heterocycles. The number of nitrogens with one attached hydrogen (secondary N) is 1. The SMILES string of the molecule is O=[N+]([O-])c1ccc(N/N=C/c2ccc3ccccc3c2)c(S(=O)(=O)N2CCOCC2)c1. The molecule has 10 heteroatoms. The van der Waals surface area contributed by atoms with E-state index in [1.165, 1.54) is 16.4 Å². The first-order chi connectivity index (χ1) is 14.9. The average molecular weight is 440 g/mol. The van der Waals surface area contributed by atoms with Gasteiger partial charge in [0.25, 0.3) is 5.69 Å². The first kappa shape index (κ1) is 20.9.